The van der Waals surface area contributed by atoms with Gasteiger partial charge in [-0.25, -0.2) is 12.6 Å². The highest BCUT2D eigenvalue weighted by atomic mass is 32.2. The van der Waals surface area contributed by atoms with Crippen molar-refractivity contribution in [3.63, 3.8) is 0 Å². The summed E-state index contributed by atoms with van der Waals surface area (Å²) in [6.45, 7) is 9.17. The van der Waals surface area contributed by atoms with Crippen LogP contribution in [0.5, 0.6) is 0 Å². The van der Waals surface area contributed by atoms with Gasteiger partial charge in [-0.05, 0) is 56.9 Å². The van der Waals surface area contributed by atoms with E-state index in [1.807, 2.05) is 19.9 Å². The van der Waals surface area contributed by atoms with Gasteiger partial charge in [0.2, 0.25) is 0 Å². The van der Waals surface area contributed by atoms with Crippen LogP contribution >= 0.6 is 0 Å². The lowest BCUT2D eigenvalue weighted by molar-refractivity contribution is 0.434. The van der Waals surface area contributed by atoms with Gasteiger partial charge >= 0.3 is 0 Å². The van der Waals surface area contributed by atoms with Crippen molar-refractivity contribution in [2.75, 3.05) is 13.4 Å². The van der Waals surface area contributed by atoms with Gasteiger partial charge in [-0.15, -0.1) is 0 Å². The van der Waals surface area contributed by atoms with Gasteiger partial charge in [0.05, 0.1) is 23.4 Å². The van der Waals surface area contributed by atoms with Gasteiger partial charge in [0, 0.05) is 11.8 Å². The summed E-state index contributed by atoms with van der Waals surface area (Å²) in [5.41, 5.74) is 5.23. The third-order valence-corrected chi connectivity index (χ3v) is 6.46. The molecule has 24 heavy (non-hydrogen) atoms. The molecule has 0 saturated carbocycles. The van der Waals surface area contributed by atoms with E-state index in [4.69, 9.17) is 4.18 Å². The molecule has 1 aromatic carbocycles. The average Bonchev–Trinajstić information content (AvgIpc) is 2.73. The highest BCUT2D eigenvalue weighted by Crippen LogP contribution is 2.35. The zero-order chi connectivity index (χ0) is 18.4. The maximum Gasteiger partial charge on any atom is 0.285 e. The van der Waals surface area contributed by atoms with Crippen molar-refractivity contribution in [2.45, 2.75) is 39.5 Å². The van der Waals surface area contributed by atoms with Crippen molar-refractivity contribution < 1.29 is 16.8 Å². The monoisotopic (exact) mass is 370 g/mol. The number of rotatable bonds is 4. The first-order chi connectivity index (χ1) is 11.0. The van der Waals surface area contributed by atoms with Gasteiger partial charge < -0.3 is 0 Å². The zero-order valence-corrected chi connectivity index (χ0v) is 16.6. The lowest BCUT2D eigenvalue weighted by atomic mass is 9.95. The Morgan fingerprint density at radius 1 is 1.08 bits per heavy atom. The summed E-state index contributed by atoms with van der Waals surface area (Å²) < 4.78 is 42.5. The molecule has 2 aromatic rings. The number of aromatic nitrogens is 2. The Morgan fingerprint density at radius 2 is 1.67 bits per heavy atom. The number of nitrogens with zero attached hydrogens (tertiary/aromatic N) is 2. The number of aryl methyl sites for hydroxylation is 2. The molecule has 1 unspecified atom stereocenters. The largest absolute Gasteiger partial charge is 0.285 e. The molecular weight excluding hydrogens is 348 g/mol. The summed E-state index contributed by atoms with van der Waals surface area (Å²) in [5, 5.41) is 4.42. The molecule has 8 heteroatoms. The van der Waals surface area contributed by atoms with Crippen LogP contribution in [0.25, 0.3) is 11.3 Å². The number of sulfone groups is 1. The van der Waals surface area contributed by atoms with Crippen LogP contribution in [0.15, 0.2) is 11.0 Å². The minimum atomic E-state index is -3.37. The molecule has 0 aliphatic heterocycles. The van der Waals surface area contributed by atoms with Crippen LogP contribution in [0.3, 0.4) is 0 Å². The van der Waals surface area contributed by atoms with Gasteiger partial charge in [0.25, 0.3) is 11.3 Å². The van der Waals surface area contributed by atoms with E-state index in [2.05, 4.69) is 5.10 Å². The van der Waals surface area contributed by atoms with E-state index < -0.39 is 21.1 Å². The minimum Gasteiger partial charge on any atom is -0.276 e. The maximum atomic E-state index is 12.2. The molecule has 0 bridgehead atoms. The Hall–Kier alpha value is -1.51. The van der Waals surface area contributed by atoms with Crippen molar-refractivity contribution in [3.05, 3.63) is 34.0 Å². The van der Waals surface area contributed by atoms with Crippen LogP contribution in [-0.4, -0.2) is 35.2 Å². The van der Waals surface area contributed by atoms with Crippen molar-refractivity contribution in [1.29, 1.82) is 0 Å². The van der Waals surface area contributed by atoms with Gasteiger partial charge in [0.1, 0.15) is 0 Å². The van der Waals surface area contributed by atoms with E-state index >= 15 is 0 Å². The normalized spacial score (nSPS) is 13.3. The van der Waals surface area contributed by atoms with E-state index in [1.54, 1.807) is 20.8 Å². The summed E-state index contributed by atoms with van der Waals surface area (Å²) in [6, 6.07) is 1.85. The SMILES string of the molecule is COS(=O)n1nc(-c2c(C)cc(C)c(S(C)(=O)=O)c2C)c(C)c1C. The lowest BCUT2D eigenvalue weighted by Gasteiger charge is -2.15. The third-order valence-electron chi connectivity index (χ3n) is 4.17. The molecule has 0 N–H and O–H groups in total. The number of hydrogen-bond donors (Lipinski definition) is 0. The Labute approximate surface area is 145 Å². The summed E-state index contributed by atoms with van der Waals surface area (Å²) in [4.78, 5) is 0.322. The summed E-state index contributed by atoms with van der Waals surface area (Å²) in [5.74, 6) is 0. The molecule has 0 radical (unpaired) electrons. The van der Waals surface area contributed by atoms with Crippen molar-refractivity contribution in [1.82, 2.24) is 9.19 Å². The molecule has 0 fully saturated rings. The Bertz CT molecular complexity index is 944. The predicted molar refractivity (Wildman–Crippen MR) is 95.0 cm³/mol. The predicted octanol–water partition coefficient (Wildman–Crippen LogP) is 2.57. The van der Waals surface area contributed by atoms with Crippen LogP contribution in [0.2, 0.25) is 0 Å². The smallest absolute Gasteiger partial charge is 0.276 e. The Kier molecular flexibility index (Phi) is 5.03. The Morgan fingerprint density at radius 3 is 2.17 bits per heavy atom. The second-order valence-corrected chi connectivity index (χ2v) is 8.99. The van der Waals surface area contributed by atoms with E-state index in [9.17, 15) is 12.6 Å². The van der Waals surface area contributed by atoms with E-state index in [1.165, 1.54) is 17.5 Å². The van der Waals surface area contributed by atoms with Crippen LogP contribution < -0.4 is 0 Å². The maximum absolute atomic E-state index is 12.2. The average molecular weight is 370 g/mol. The summed E-state index contributed by atoms with van der Waals surface area (Å²) >= 11 is -1.72. The fraction of sp³-hybridized carbons (Fsp3) is 0.438. The number of hydrogen-bond acceptors (Lipinski definition) is 5. The molecule has 1 aromatic heterocycles. The first-order valence-corrected chi connectivity index (χ1v) is 10.3. The van der Waals surface area contributed by atoms with Crippen LogP contribution in [0.4, 0.5) is 0 Å². The Balaban J connectivity index is 2.87. The second kappa shape index (κ2) is 6.42. The van der Waals surface area contributed by atoms with Crippen LogP contribution in [0, 0.1) is 34.6 Å². The highest BCUT2D eigenvalue weighted by Gasteiger charge is 2.24. The molecular formula is C16H22N2O4S2. The van der Waals surface area contributed by atoms with Gasteiger partial charge in [-0.3, -0.25) is 4.18 Å². The third kappa shape index (κ3) is 3.05. The lowest BCUT2D eigenvalue weighted by Crippen LogP contribution is -2.10. The van der Waals surface area contributed by atoms with E-state index in [0.29, 0.717) is 27.4 Å². The number of benzene rings is 1. The second-order valence-electron chi connectivity index (χ2n) is 5.93. The van der Waals surface area contributed by atoms with Crippen LogP contribution in [0.1, 0.15) is 27.9 Å². The van der Waals surface area contributed by atoms with Crippen LogP contribution in [-0.2, 0) is 25.3 Å². The van der Waals surface area contributed by atoms with Crippen molar-refractivity contribution in [2.24, 2.45) is 0 Å². The fourth-order valence-electron chi connectivity index (χ4n) is 3.11. The molecule has 2 rings (SSSR count). The summed E-state index contributed by atoms with van der Waals surface area (Å²) in [7, 11) is -2.02. The molecule has 0 spiro atoms. The summed E-state index contributed by atoms with van der Waals surface area (Å²) in [6.07, 6.45) is 1.21. The zero-order valence-electron chi connectivity index (χ0n) is 14.9. The molecule has 0 aliphatic carbocycles. The molecule has 1 atom stereocenters. The van der Waals surface area contributed by atoms with E-state index in [-0.39, 0.29) is 0 Å². The molecule has 0 amide bonds. The fourth-order valence-corrected chi connectivity index (χ4v) is 5.06. The molecule has 1 heterocycles. The van der Waals surface area contributed by atoms with Crippen molar-refractivity contribution in [3.8, 4) is 11.3 Å². The first-order valence-electron chi connectivity index (χ1n) is 7.34. The quantitative estimate of drug-likeness (QED) is 0.826. The molecule has 0 saturated heterocycles. The van der Waals surface area contributed by atoms with Crippen molar-refractivity contribution >= 4 is 21.1 Å². The molecule has 6 nitrogen and oxygen atoms in total. The van der Waals surface area contributed by atoms with Gasteiger partial charge in [-0.1, -0.05) is 6.07 Å². The molecule has 0 aliphatic rings. The minimum absolute atomic E-state index is 0.322. The van der Waals surface area contributed by atoms with E-state index in [0.717, 1.165) is 16.7 Å². The standard InChI is InChI=1S/C16H22N2O4S2/c1-9-8-10(2)16(24(7,20)21)12(4)14(9)15-11(3)13(5)18(17-15)23(19)22-6/h8H,1-7H3. The van der Waals surface area contributed by atoms with Gasteiger partial charge in [-0.2, -0.15) is 9.19 Å². The highest BCUT2D eigenvalue weighted by molar-refractivity contribution is 7.90. The first kappa shape index (κ1) is 18.8. The van der Waals surface area contributed by atoms with Gasteiger partial charge in [0.15, 0.2) is 9.84 Å². The topological polar surface area (TPSA) is 78.3 Å². The molecule has 132 valence electrons.